The summed E-state index contributed by atoms with van der Waals surface area (Å²) in [6, 6.07) is 0. The van der Waals surface area contributed by atoms with Crippen molar-refractivity contribution in [3.05, 3.63) is 23.9 Å². The van der Waals surface area contributed by atoms with E-state index in [0.29, 0.717) is 0 Å². The van der Waals surface area contributed by atoms with Gasteiger partial charge >= 0.3 is 11.9 Å². The molecule has 0 bridgehead atoms. The summed E-state index contributed by atoms with van der Waals surface area (Å²) in [6.45, 7) is 4.21. The number of carbonyl (C=O) groups excluding carboxylic acids is 3. The summed E-state index contributed by atoms with van der Waals surface area (Å²) >= 11 is 1.22. The standard InChI is InChI=1S/C13H14N2O6S/c1-3-8(17)14-12-7(5-21-6(2)16)11(13(19)20)15-9(18)4-10(15)22-12/h3,10,12H,1,4-5H2,2H3,(H,14,17)(H,19,20)/t10-,12?/m1/s1. The predicted molar refractivity (Wildman–Crippen MR) is 76.3 cm³/mol. The van der Waals surface area contributed by atoms with Gasteiger partial charge in [0.2, 0.25) is 11.8 Å². The lowest BCUT2D eigenvalue weighted by molar-refractivity contribution is -0.146. The van der Waals surface area contributed by atoms with Crippen LogP contribution in [-0.2, 0) is 23.9 Å². The highest BCUT2D eigenvalue weighted by molar-refractivity contribution is 8.00. The van der Waals surface area contributed by atoms with Crippen molar-refractivity contribution < 1.29 is 29.0 Å². The smallest absolute Gasteiger partial charge is 0.352 e. The highest BCUT2D eigenvalue weighted by Gasteiger charge is 2.48. The van der Waals surface area contributed by atoms with Crippen LogP contribution in [0, 0.1) is 0 Å². The minimum Gasteiger partial charge on any atom is -0.477 e. The molecule has 2 heterocycles. The average Bonchev–Trinajstić information content (AvgIpc) is 2.44. The molecule has 1 saturated heterocycles. The Labute approximate surface area is 130 Å². The van der Waals surface area contributed by atoms with Crippen molar-refractivity contribution in [3.8, 4) is 0 Å². The Morgan fingerprint density at radius 2 is 2.23 bits per heavy atom. The number of nitrogens with zero attached hydrogens (tertiary/aromatic N) is 1. The Kier molecular flexibility index (Phi) is 4.55. The van der Waals surface area contributed by atoms with Gasteiger partial charge in [-0.3, -0.25) is 19.3 Å². The molecule has 1 fully saturated rings. The van der Waals surface area contributed by atoms with Crippen LogP contribution in [0.5, 0.6) is 0 Å². The van der Waals surface area contributed by atoms with E-state index in [2.05, 4.69) is 11.9 Å². The van der Waals surface area contributed by atoms with E-state index in [9.17, 15) is 24.3 Å². The highest BCUT2D eigenvalue weighted by Crippen LogP contribution is 2.43. The molecule has 1 unspecified atom stereocenters. The number of amides is 2. The topological polar surface area (TPSA) is 113 Å². The number of fused-ring (bicyclic) bond motifs is 1. The molecule has 0 spiro atoms. The molecule has 22 heavy (non-hydrogen) atoms. The molecule has 8 nitrogen and oxygen atoms in total. The van der Waals surface area contributed by atoms with Crippen LogP contribution in [0.15, 0.2) is 23.9 Å². The number of carboxylic acids is 1. The van der Waals surface area contributed by atoms with Gasteiger partial charge in [-0.1, -0.05) is 6.58 Å². The van der Waals surface area contributed by atoms with E-state index >= 15 is 0 Å². The van der Waals surface area contributed by atoms with Gasteiger partial charge in [0.15, 0.2) is 0 Å². The predicted octanol–water partition coefficient (Wildman–Crippen LogP) is -0.178. The maximum absolute atomic E-state index is 11.7. The van der Waals surface area contributed by atoms with Crippen molar-refractivity contribution in [1.29, 1.82) is 0 Å². The summed E-state index contributed by atoms with van der Waals surface area (Å²) in [4.78, 5) is 46.8. The molecule has 2 amide bonds. The van der Waals surface area contributed by atoms with E-state index in [1.54, 1.807) is 0 Å². The van der Waals surface area contributed by atoms with Gasteiger partial charge in [-0.25, -0.2) is 4.79 Å². The molecule has 2 rings (SSSR count). The highest BCUT2D eigenvalue weighted by atomic mass is 32.2. The van der Waals surface area contributed by atoms with Crippen molar-refractivity contribution in [2.75, 3.05) is 6.61 Å². The molecule has 0 aromatic heterocycles. The van der Waals surface area contributed by atoms with E-state index in [1.807, 2.05) is 0 Å². The van der Waals surface area contributed by atoms with Crippen LogP contribution in [0.1, 0.15) is 13.3 Å². The summed E-state index contributed by atoms with van der Waals surface area (Å²) in [5.41, 5.74) is -0.0807. The molecule has 2 atom stereocenters. The minimum absolute atomic E-state index is 0.159. The Morgan fingerprint density at radius 3 is 2.73 bits per heavy atom. The van der Waals surface area contributed by atoms with Crippen molar-refractivity contribution in [2.24, 2.45) is 0 Å². The average molecular weight is 326 g/mol. The fraction of sp³-hybridized carbons (Fsp3) is 0.385. The second-order valence-corrected chi connectivity index (χ2v) is 5.90. The lowest BCUT2D eigenvalue weighted by atomic mass is 10.1. The van der Waals surface area contributed by atoms with Gasteiger partial charge in [-0.15, -0.1) is 11.8 Å². The molecular formula is C13H14N2O6S. The maximum atomic E-state index is 11.7. The first kappa shape index (κ1) is 16.1. The number of ether oxygens (including phenoxy) is 1. The third kappa shape index (κ3) is 2.98. The van der Waals surface area contributed by atoms with E-state index in [-0.39, 0.29) is 35.6 Å². The first-order valence-corrected chi connectivity index (χ1v) is 7.29. The number of aliphatic carboxylic acids is 1. The normalized spacial score (nSPS) is 23.3. The molecule has 2 aliphatic heterocycles. The molecule has 118 valence electrons. The molecular weight excluding hydrogens is 312 g/mol. The summed E-state index contributed by atoms with van der Waals surface area (Å²) in [7, 11) is 0. The second kappa shape index (κ2) is 6.22. The number of thioether (sulfide) groups is 1. The van der Waals surface area contributed by atoms with Crippen LogP contribution in [0.4, 0.5) is 0 Å². The van der Waals surface area contributed by atoms with E-state index in [4.69, 9.17) is 4.74 Å². The largest absolute Gasteiger partial charge is 0.477 e. The summed E-state index contributed by atoms with van der Waals surface area (Å²) in [5.74, 6) is -2.70. The minimum atomic E-state index is -1.31. The third-order valence-electron chi connectivity index (χ3n) is 3.15. The number of carboxylic acid groups (broad SMARTS) is 1. The number of β-lactam (4-membered cyclic amide) rings is 1. The summed E-state index contributed by atoms with van der Waals surface area (Å²) in [6.07, 6.45) is 1.26. The van der Waals surface area contributed by atoms with Crippen molar-refractivity contribution in [2.45, 2.75) is 24.1 Å². The Balaban J connectivity index is 2.38. The first-order valence-electron chi connectivity index (χ1n) is 6.35. The molecule has 0 aliphatic carbocycles. The van der Waals surface area contributed by atoms with Crippen molar-refractivity contribution >= 4 is 35.5 Å². The van der Waals surface area contributed by atoms with Crippen LogP contribution in [0.25, 0.3) is 0 Å². The zero-order valence-electron chi connectivity index (χ0n) is 11.7. The SMILES string of the molecule is C=CC(=O)NC1S[C@@H]2CC(=O)N2C(C(=O)O)=C1COC(C)=O. The number of hydrogen-bond donors (Lipinski definition) is 2. The Morgan fingerprint density at radius 1 is 1.55 bits per heavy atom. The zero-order chi connectivity index (χ0) is 16.4. The number of rotatable bonds is 5. The molecule has 9 heteroatoms. The van der Waals surface area contributed by atoms with Gasteiger partial charge in [0.25, 0.3) is 0 Å². The number of hydrogen-bond acceptors (Lipinski definition) is 6. The fourth-order valence-corrected chi connectivity index (χ4v) is 3.58. The summed E-state index contributed by atoms with van der Waals surface area (Å²) < 4.78 is 4.86. The van der Waals surface area contributed by atoms with Gasteiger partial charge in [0.1, 0.15) is 17.7 Å². The number of carbonyl (C=O) groups is 4. The Bertz CT molecular complexity index is 599. The van der Waals surface area contributed by atoms with Crippen LogP contribution in [0.3, 0.4) is 0 Å². The van der Waals surface area contributed by atoms with Gasteiger partial charge < -0.3 is 15.2 Å². The molecule has 0 aromatic rings. The molecule has 2 aliphatic rings. The molecule has 0 saturated carbocycles. The number of esters is 1. The Hall–Kier alpha value is -2.29. The fourth-order valence-electron chi connectivity index (χ4n) is 2.16. The zero-order valence-corrected chi connectivity index (χ0v) is 12.5. The van der Waals surface area contributed by atoms with E-state index in [0.717, 1.165) is 11.0 Å². The lowest BCUT2D eigenvalue weighted by Gasteiger charge is -2.46. The van der Waals surface area contributed by atoms with Gasteiger partial charge in [0, 0.05) is 12.5 Å². The molecule has 0 aromatic carbocycles. The van der Waals surface area contributed by atoms with Gasteiger partial charge in [-0.2, -0.15) is 0 Å². The monoisotopic (exact) mass is 326 g/mol. The number of nitrogens with one attached hydrogen (secondary N) is 1. The van der Waals surface area contributed by atoms with E-state index < -0.39 is 23.2 Å². The van der Waals surface area contributed by atoms with Crippen LogP contribution >= 0.6 is 11.8 Å². The molecule has 2 N–H and O–H groups in total. The van der Waals surface area contributed by atoms with Gasteiger partial charge in [-0.05, 0) is 6.08 Å². The quantitative estimate of drug-likeness (QED) is 0.409. The maximum Gasteiger partial charge on any atom is 0.352 e. The van der Waals surface area contributed by atoms with Crippen LogP contribution in [-0.4, -0.2) is 51.1 Å². The van der Waals surface area contributed by atoms with Crippen molar-refractivity contribution in [3.63, 3.8) is 0 Å². The van der Waals surface area contributed by atoms with Crippen LogP contribution < -0.4 is 5.32 Å². The summed E-state index contributed by atoms with van der Waals surface area (Å²) in [5, 5.41) is 10.9. The van der Waals surface area contributed by atoms with Crippen molar-refractivity contribution in [1.82, 2.24) is 10.2 Å². The first-order chi connectivity index (χ1) is 10.3. The molecule has 0 radical (unpaired) electrons. The van der Waals surface area contributed by atoms with Gasteiger partial charge in [0.05, 0.1) is 11.8 Å². The van der Waals surface area contributed by atoms with Crippen LogP contribution in [0.2, 0.25) is 0 Å². The third-order valence-corrected chi connectivity index (χ3v) is 4.52. The lowest BCUT2D eigenvalue weighted by Crippen LogP contribution is -2.57. The second-order valence-electron chi connectivity index (χ2n) is 4.61. The van der Waals surface area contributed by atoms with E-state index in [1.165, 1.54) is 18.7 Å².